The summed E-state index contributed by atoms with van der Waals surface area (Å²) in [7, 11) is 0. The van der Waals surface area contributed by atoms with Crippen LogP contribution in [0.5, 0.6) is 0 Å². The highest BCUT2D eigenvalue weighted by atomic mass is 16.5. The van der Waals surface area contributed by atoms with Crippen LogP contribution in [0.3, 0.4) is 0 Å². The quantitative estimate of drug-likeness (QED) is 0.518. The summed E-state index contributed by atoms with van der Waals surface area (Å²) in [6, 6.07) is 25.1. The summed E-state index contributed by atoms with van der Waals surface area (Å²) in [6.07, 6.45) is 10.3. The number of nitrogens with zero attached hydrogens (tertiary/aromatic N) is 3. The van der Waals surface area contributed by atoms with E-state index in [1.54, 1.807) is 12.4 Å². The Kier molecular flexibility index (Phi) is 8.28. The summed E-state index contributed by atoms with van der Waals surface area (Å²) in [6.45, 7) is 4.33. The Bertz CT molecular complexity index is 1160. The molecular formula is C31H34N4O2. The molecule has 1 amide bonds. The molecule has 2 aliphatic heterocycles. The van der Waals surface area contributed by atoms with Gasteiger partial charge in [-0.15, -0.1) is 0 Å². The number of rotatable bonds is 7. The molecule has 1 saturated heterocycles. The van der Waals surface area contributed by atoms with E-state index < -0.39 is 0 Å². The lowest BCUT2D eigenvalue weighted by Gasteiger charge is -2.39. The molecule has 3 heterocycles. The molecule has 2 aromatic carbocycles. The molecule has 3 aromatic rings. The smallest absolute Gasteiger partial charge is 0.255 e. The fourth-order valence-corrected chi connectivity index (χ4v) is 5.09. The fourth-order valence-electron chi connectivity index (χ4n) is 5.09. The van der Waals surface area contributed by atoms with Gasteiger partial charge in [-0.1, -0.05) is 72.8 Å². The summed E-state index contributed by atoms with van der Waals surface area (Å²) in [4.78, 5) is 22.2. The predicted octanol–water partition coefficient (Wildman–Crippen LogP) is 4.65. The average molecular weight is 495 g/mol. The normalized spacial score (nSPS) is 18.5. The lowest BCUT2D eigenvalue weighted by Crippen LogP contribution is -2.46. The molecule has 190 valence electrons. The molecule has 1 N–H and O–H groups in total. The van der Waals surface area contributed by atoms with Crippen LogP contribution in [0.1, 0.15) is 33.9 Å². The second kappa shape index (κ2) is 12.4. The van der Waals surface area contributed by atoms with E-state index in [0.29, 0.717) is 25.3 Å². The third-order valence-corrected chi connectivity index (χ3v) is 7.00. The lowest BCUT2D eigenvalue weighted by atomic mass is 9.95. The van der Waals surface area contributed by atoms with Crippen molar-refractivity contribution in [2.45, 2.75) is 12.5 Å². The van der Waals surface area contributed by atoms with Gasteiger partial charge >= 0.3 is 0 Å². The number of dihydropyridines is 1. The minimum Gasteiger partial charge on any atom is -0.479 e. The molecule has 2 aliphatic rings. The van der Waals surface area contributed by atoms with E-state index in [0.717, 1.165) is 31.9 Å². The molecule has 0 radical (unpaired) electrons. The van der Waals surface area contributed by atoms with Crippen molar-refractivity contribution in [3.63, 3.8) is 0 Å². The van der Waals surface area contributed by atoms with Crippen molar-refractivity contribution < 1.29 is 9.53 Å². The minimum absolute atomic E-state index is 0.0221. The van der Waals surface area contributed by atoms with E-state index in [-0.39, 0.29) is 17.9 Å². The standard InChI is InChI=1S/C31H34N4O2/c36-31(28-14-9-17-32-22-28)35-21-20-34(19-16-25(23-35)24-37-29-15-7-8-18-33-29)30(26-10-3-1-4-11-26)27-12-5-2-6-13-27/h1-15,17,22,25,30,33H,16,18-21,23-24H2. The topological polar surface area (TPSA) is 57.7 Å². The number of nitrogens with one attached hydrogen (secondary N) is 1. The molecule has 0 saturated carbocycles. The van der Waals surface area contributed by atoms with Crippen LogP contribution in [-0.4, -0.2) is 60.0 Å². The molecular weight excluding hydrogens is 460 g/mol. The number of carbonyl (C=O) groups is 1. The first kappa shape index (κ1) is 24.8. The number of pyridine rings is 1. The van der Waals surface area contributed by atoms with Crippen LogP contribution < -0.4 is 5.32 Å². The van der Waals surface area contributed by atoms with Crippen LogP contribution in [0.25, 0.3) is 0 Å². The van der Waals surface area contributed by atoms with Crippen molar-refractivity contribution in [1.29, 1.82) is 0 Å². The number of allylic oxidation sites excluding steroid dienone is 2. The Morgan fingerprint density at radius 1 is 0.973 bits per heavy atom. The second-order valence-corrected chi connectivity index (χ2v) is 9.56. The van der Waals surface area contributed by atoms with Crippen molar-refractivity contribution in [3.8, 4) is 0 Å². The van der Waals surface area contributed by atoms with Crippen molar-refractivity contribution >= 4 is 5.91 Å². The molecule has 6 nitrogen and oxygen atoms in total. The first-order valence-corrected chi connectivity index (χ1v) is 13.0. The van der Waals surface area contributed by atoms with Gasteiger partial charge in [-0.05, 0) is 42.3 Å². The van der Waals surface area contributed by atoms with Gasteiger partial charge in [0.2, 0.25) is 0 Å². The molecule has 1 fully saturated rings. The third-order valence-electron chi connectivity index (χ3n) is 7.00. The number of ether oxygens (including phenoxy) is 1. The van der Waals surface area contributed by atoms with Gasteiger partial charge in [-0.25, -0.2) is 0 Å². The Morgan fingerprint density at radius 2 is 1.73 bits per heavy atom. The summed E-state index contributed by atoms with van der Waals surface area (Å²) in [5.41, 5.74) is 3.14. The Hall–Kier alpha value is -3.90. The molecule has 37 heavy (non-hydrogen) atoms. The largest absolute Gasteiger partial charge is 0.479 e. The van der Waals surface area contributed by atoms with Crippen LogP contribution in [-0.2, 0) is 4.74 Å². The molecule has 6 heteroatoms. The zero-order valence-electron chi connectivity index (χ0n) is 21.1. The molecule has 0 aliphatic carbocycles. The Balaban J connectivity index is 1.41. The first-order valence-electron chi connectivity index (χ1n) is 13.0. The van der Waals surface area contributed by atoms with Gasteiger partial charge in [0.25, 0.3) is 5.91 Å². The van der Waals surface area contributed by atoms with E-state index in [2.05, 4.69) is 81.9 Å². The van der Waals surface area contributed by atoms with Crippen molar-refractivity contribution in [1.82, 2.24) is 20.1 Å². The lowest BCUT2D eigenvalue weighted by molar-refractivity contribution is 0.0531. The van der Waals surface area contributed by atoms with Gasteiger partial charge < -0.3 is 15.0 Å². The van der Waals surface area contributed by atoms with Gasteiger partial charge in [0, 0.05) is 44.5 Å². The summed E-state index contributed by atoms with van der Waals surface area (Å²) < 4.78 is 6.15. The van der Waals surface area contributed by atoms with Crippen LogP contribution in [0.4, 0.5) is 0 Å². The summed E-state index contributed by atoms with van der Waals surface area (Å²) in [5, 5.41) is 3.27. The molecule has 0 spiro atoms. The fraction of sp³-hybridized carbons (Fsp3) is 0.290. The van der Waals surface area contributed by atoms with E-state index in [1.807, 2.05) is 29.2 Å². The van der Waals surface area contributed by atoms with E-state index in [9.17, 15) is 4.79 Å². The highest BCUT2D eigenvalue weighted by Gasteiger charge is 2.29. The number of carbonyl (C=O) groups excluding carboxylic acids is 1. The first-order chi connectivity index (χ1) is 18.3. The Labute approximate surface area is 219 Å². The number of hydrogen-bond donors (Lipinski definition) is 1. The molecule has 1 atom stereocenters. The van der Waals surface area contributed by atoms with Crippen molar-refractivity contribution in [2.75, 3.05) is 39.3 Å². The number of amides is 1. The predicted molar refractivity (Wildman–Crippen MR) is 146 cm³/mol. The minimum atomic E-state index is 0.0221. The third kappa shape index (κ3) is 6.46. The van der Waals surface area contributed by atoms with Crippen molar-refractivity contribution in [3.05, 3.63) is 126 Å². The summed E-state index contributed by atoms with van der Waals surface area (Å²) >= 11 is 0. The number of aromatic nitrogens is 1. The maximum atomic E-state index is 13.5. The molecule has 5 rings (SSSR count). The molecule has 0 bridgehead atoms. The van der Waals surface area contributed by atoms with E-state index in [1.165, 1.54) is 11.1 Å². The zero-order chi connectivity index (χ0) is 25.3. The van der Waals surface area contributed by atoms with Crippen LogP contribution in [0, 0.1) is 5.92 Å². The zero-order valence-corrected chi connectivity index (χ0v) is 21.1. The molecule has 1 unspecified atom stereocenters. The van der Waals surface area contributed by atoms with Gasteiger partial charge in [-0.2, -0.15) is 0 Å². The number of benzene rings is 2. The second-order valence-electron chi connectivity index (χ2n) is 9.56. The van der Waals surface area contributed by atoms with Gasteiger partial charge in [-0.3, -0.25) is 14.7 Å². The highest BCUT2D eigenvalue weighted by Crippen LogP contribution is 2.30. The maximum Gasteiger partial charge on any atom is 0.255 e. The van der Waals surface area contributed by atoms with Gasteiger partial charge in [0.1, 0.15) is 0 Å². The van der Waals surface area contributed by atoms with Gasteiger partial charge in [0.05, 0.1) is 18.2 Å². The van der Waals surface area contributed by atoms with Crippen molar-refractivity contribution in [2.24, 2.45) is 5.92 Å². The molecule has 1 aromatic heterocycles. The summed E-state index contributed by atoms with van der Waals surface area (Å²) in [5.74, 6) is 1.01. The van der Waals surface area contributed by atoms with E-state index in [4.69, 9.17) is 4.74 Å². The maximum absolute atomic E-state index is 13.5. The van der Waals surface area contributed by atoms with E-state index >= 15 is 0 Å². The Morgan fingerprint density at radius 3 is 2.38 bits per heavy atom. The van der Waals surface area contributed by atoms with Gasteiger partial charge in [0.15, 0.2) is 5.88 Å². The average Bonchev–Trinajstić information content (AvgIpc) is 2.96. The highest BCUT2D eigenvalue weighted by molar-refractivity contribution is 5.93. The van der Waals surface area contributed by atoms with Crippen LogP contribution in [0.2, 0.25) is 0 Å². The van der Waals surface area contributed by atoms with Crippen LogP contribution in [0.15, 0.2) is 109 Å². The monoisotopic (exact) mass is 494 g/mol. The number of hydrogen-bond acceptors (Lipinski definition) is 5. The van der Waals surface area contributed by atoms with Crippen LogP contribution >= 0.6 is 0 Å². The SMILES string of the molecule is O=C(c1cccnc1)N1CCN(C(c2ccccc2)c2ccccc2)CCC(COC2=CC=CCN2)C1.